The number of aromatic hydroxyl groups is 1. The number of aryl methyl sites for hydroxylation is 1. The van der Waals surface area contributed by atoms with E-state index in [9.17, 15) is 14.7 Å². The maximum atomic E-state index is 12.2. The molecule has 0 aliphatic rings. The topological polar surface area (TPSA) is 78.4 Å². The lowest BCUT2D eigenvalue weighted by atomic mass is 9.78. The molecule has 2 aromatic rings. The van der Waals surface area contributed by atoms with E-state index in [0.29, 0.717) is 17.7 Å². The van der Waals surface area contributed by atoms with Crippen LogP contribution in [0.25, 0.3) is 0 Å². The molecule has 5 heteroatoms. The molecule has 0 aliphatic carbocycles. The number of phenolic OH excluding ortho intramolecular Hbond substituents is 1. The minimum atomic E-state index is -0.353. The number of hydrogen-bond donors (Lipinski definition) is 3. The summed E-state index contributed by atoms with van der Waals surface area (Å²) >= 11 is 0. The van der Waals surface area contributed by atoms with Gasteiger partial charge in [-0.1, -0.05) is 71.9 Å². The van der Waals surface area contributed by atoms with Crippen molar-refractivity contribution >= 4 is 11.8 Å². The lowest BCUT2D eigenvalue weighted by Crippen LogP contribution is -2.41. The molecule has 29 heavy (non-hydrogen) atoms. The highest BCUT2D eigenvalue weighted by Crippen LogP contribution is 2.39. The number of hydrazine groups is 1. The summed E-state index contributed by atoms with van der Waals surface area (Å²) in [6.45, 7) is 12.4. The highest BCUT2D eigenvalue weighted by atomic mass is 16.3. The molecular weight excluding hydrogens is 364 g/mol. The first-order valence-corrected chi connectivity index (χ1v) is 9.90. The van der Waals surface area contributed by atoms with Gasteiger partial charge in [-0.3, -0.25) is 20.4 Å². The number of carbonyl (C=O) groups excluding carboxylic acids is 2. The normalized spacial score (nSPS) is 11.8. The third-order valence-corrected chi connectivity index (χ3v) is 4.78. The van der Waals surface area contributed by atoms with Crippen LogP contribution in [-0.2, 0) is 22.0 Å². The predicted molar refractivity (Wildman–Crippen MR) is 116 cm³/mol. The molecule has 0 aliphatic heterocycles. The van der Waals surface area contributed by atoms with Gasteiger partial charge in [0.1, 0.15) is 5.75 Å². The van der Waals surface area contributed by atoms with E-state index in [4.69, 9.17) is 0 Å². The Labute approximate surface area is 173 Å². The van der Waals surface area contributed by atoms with E-state index in [1.807, 2.05) is 18.2 Å². The fourth-order valence-corrected chi connectivity index (χ4v) is 3.09. The van der Waals surface area contributed by atoms with Gasteiger partial charge in [-0.15, -0.1) is 0 Å². The number of amides is 2. The van der Waals surface area contributed by atoms with Crippen molar-refractivity contribution in [3.05, 3.63) is 64.7 Å². The standard InChI is InChI=1S/C24H32N2O3/c1-23(2,3)18-14-16(15-19(21(18)28)24(4,5)6)12-13-20(27)25-26-22(29)17-10-8-7-9-11-17/h7-11,14-15,28H,12-13H2,1-6H3,(H,25,27)(H,26,29). The molecule has 2 rings (SSSR count). The van der Waals surface area contributed by atoms with Gasteiger partial charge >= 0.3 is 0 Å². The van der Waals surface area contributed by atoms with Crippen LogP contribution in [0, 0.1) is 0 Å². The van der Waals surface area contributed by atoms with Gasteiger partial charge in [-0.05, 0) is 46.1 Å². The Balaban J connectivity index is 2.07. The molecule has 156 valence electrons. The quantitative estimate of drug-likeness (QED) is 0.671. The lowest BCUT2D eigenvalue weighted by Gasteiger charge is -2.28. The molecule has 0 aromatic heterocycles. The predicted octanol–water partition coefficient (Wildman–Crippen LogP) is 4.38. The van der Waals surface area contributed by atoms with Gasteiger partial charge in [0, 0.05) is 12.0 Å². The summed E-state index contributed by atoms with van der Waals surface area (Å²) in [7, 11) is 0. The van der Waals surface area contributed by atoms with Crippen LogP contribution in [0.4, 0.5) is 0 Å². The highest BCUT2D eigenvalue weighted by molar-refractivity contribution is 5.95. The van der Waals surface area contributed by atoms with Gasteiger partial charge < -0.3 is 5.11 Å². The van der Waals surface area contributed by atoms with E-state index in [1.165, 1.54) is 0 Å². The number of rotatable bonds is 4. The Morgan fingerprint density at radius 3 is 1.86 bits per heavy atom. The molecule has 0 saturated carbocycles. The summed E-state index contributed by atoms with van der Waals surface area (Å²) in [6.07, 6.45) is 0.743. The maximum absolute atomic E-state index is 12.2. The van der Waals surface area contributed by atoms with E-state index >= 15 is 0 Å². The SMILES string of the molecule is CC(C)(C)c1cc(CCC(=O)NNC(=O)c2ccccc2)cc(C(C)(C)C)c1O. The Bertz CT molecular complexity index is 840. The molecule has 5 nitrogen and oxygen atoms in total. The number of benzene rings is 2. The number of hydrogen-bond acceptors (Lipinski definition) is 3. The van der Waals surface area contributed by atoms with Crippen molar-refractivity contribution in [2.24, 2.45) is 0 Å². The van der Waals surface area contributed by atoms with Crippen LogP contribution in [-0.4, -0.2) is 16.9 Å². The summed E-state index contributed by atoms with van der Waals surface area (Å²) in [4.78, 5) is 24.2. The fourth-order valence-electron chi connectivity index (χ4n) is 3.09. The summed E-state index contributed by atoms with van der Waals surface area (Å²) in [5.74, 6) is -0.293. The highest BCUT2D eigenvalue weighted by Gasteiger charge is 2.26. The average Bonchev–Trinajstić information content (AvgIpc) is 2.64. The monoisotopic (exact) mass is 396 g/mol. The second kappa shape index (κ2) is 8.68. The van der Waals surface area contributed by atoms with E-state index in [2.05, 4.69) is 52.4 Å². The molecule has 0 unspecified atom stereocenters. The van der Waals surface area contributed by atoms with E-state index in [0.717, 1.165) is 16.7 Å². The molecule has 2 amide bonds. The summed E-state index contributed by atoms with van der Waals surface area (Å²) in [5.41, 5.74) is 7.69. The first kappa shape index (κ1) is 22.5. The van der Waals surface area contributed by atoms with Gasteiger partial charge in [0.15, 0.2) is 0 Å². The van der Waals surface area contributed by atoms with Crippen LogP contribution in [0.5, 0.6) is 5.75 Å². The second-order valence-electron chi connectivity index (χ2n) is 9.41. The number of carbonyl (C=O) groups is 2. The second-order valence-corrected chi connectivity index (χ2v) is 9.41. The van der Waals surface area contributed by atoms with E-state index in [-0.39, 0.29) is 29.1 Å². The molecule has 0 radical (unpaired) electrons. The molecule has 0 heterocycles. The van der Waals surface area contributed by atoms with Crippen molar-refractivity contribution in [1.82, 2.24) is 10.9 Å². The van der Waals surface area contributed by atoms with Crippen molar-refractivity contribution in [3.63, 3.8) is 0 Å². The van der Waals surface area contributed by atoms with Gasteiger partial charge in [0.25, 0.3) is 5.91 Å². The van der Waals surface area contributed by atoms with Crippen LogP contribution in [0.1, 0.15) is 75.0 Å². The maximum Gasteiger partial charge on any atom is 0.269 e. The fraction of sp³-hybridized carbons (Fsp3) is 0.417. The first-order chi connectivity index (χ1) is 13.4. The third-order valence-electron chi connectivity index (χ3n) is 4.78. The summed E-state index contributed by atoms with van der Waals surface area (Å²) in [5, 5.41) is 10.8. The Kier molecular flexibility index (Phi) is 6.73. The minimum absolute atomic E-state index is 0.216. The molecule has 0 atom stereocenters. The zero-order chi connectivity index (χ0) is 21.8. The zero-order valence-corrected chi connectivity index (χ0v) is 18.2. The minimum Gasteiger partial charge on any atom is -0.507 e. The van der Waals surface area contributed by atoms with E-state index < -0.39 is 0 Å². The van der Waals surface area contributed by atoms with Gasteiger partial charge in [-0.2, -0.15) is 0 Å². The summed E-state index contributed by atoms with van der Waals surface area (Å²) < 4.78 is 0. The molecule has 0 saturated heterocycles. The van der Waals surface area contributed by atoms with Crippen LogP contribution >= 0.6 is 0 Å². The average molecular weight is 397 g/mol. The van der Waals surface area contributed by atoms with Gasteiger partial charge in [-0.25, -0.2) is 0 Å². The Morgan fingerprint density at radius 1 is 0.862 bits per heavy atom. The molecular formula is C24H32N2O3. The zero-order valence-electron chi connectivity index (χ0n) is 18.2. The van der Waals surface area contributed by atoms with Crippen LogP contribution in [0.2, 0.25) is 0 Å². The van der Waals surface area contributed by atoms with Crippen LogP contribution in [0.3, 0.4) is 0 Å². The van der Waals surface area contributed by atoms with Gasteiger partial charge in [0.05, 0.1) is 0 Å². The number of nitrogens with one attached hydrogen (secondary N) is 2. The first-order valence-electron chi connectivity index (χ1n) is 9.90. The Hall–Kier alpha value is -2.82. The lowest BCUT2D eigenvalue weighted by molar-refractivity contribution is -0.121. The van der Waals surface area contributed by atoms with Crippen molar-refractivity contribution in [2.45, 2.75) is 65.2 Å². The molecule has 2 aromatic carbocycles. The van der Waals surface area contributed by atoms with Crippen molar-refractivity contribution in [3.8, 4) is 5.75 Å². The smallest absolute Gasteiger partial charge is 0.269 e. The van der Waals surface area contributed by atoms with Crippen molar-refractivity contribution < 1.29 is 14.7 Å². The Morgan fingerprint density at radius 2 is 1.38 bits per heavy atom. The van der Waals surface area contributed by atoms with Crippen molar-refractivity contribution in [2.75, 3.05) is 0 Å². The molecule has 3 N–H and O–H groups in total. The molecule has 0 spiro atoms. The molecule has 0 bridgehead atoms. The molecule has 0 fully saturated rings. The number of phenols is 1. The van der Waals surface area contributed by atoms with E-state index in [1.54, 1.807) is 24.3 Å². The van der Waals surface area contributed by atoms with Crippen molar-refractivity contribution in [1.29, 1.82) is 0 Å². The largest absolute Gasteiger partial charge is 0.507 e. The van der Waals surface area contributed by atoms with Crippen LogP contribution < -0.4 is 10.9 Å². The van der Waals surface area contributed by atoms with Crippen LogP contribution in [0.15, 0.2) is 42.5 Å². The van der Waals surface area contributed by atoms with Gasteiger partial charge in [0.2, 0.25) is 5.91 Å². The summed E-state index contributed by atoms with van der Waals surface area (Å²) in [6, 6.07) is 12.7. The third kappa shape index (κ3) is 6.08.